The summed E-state index contributed by atoms with van der Waals surface area (Å²) in [7, 11) is 1.61. The fourth-order valence-corrected chi connectivity index (χ4v) is 1.60. The number of aliphatic imine (C=N–C) groups is 1. The summed E-state index contributed by atoms with van der Waals surface area (Å²) in [5.41, 5.74) is 11.0. The highest BCUT2D eigenvalue weighted by Crippen LogP contribution is 2.27. The van der Waals surface area contributed by atoms with Crippen molar-refractivity contribution in [2.75, 3.05) is 11.9 Å². The van der Waals surface area contributed by atoms with Gasteiger partial charge in [0.2, 0.25) is 5.96 Å². The second kappa shape index (κ2) is 5.05. The predicted octanol–water partition coefficient (Wildman–Crippen LogP) is 1.82. The fraction of sp³-hybridized carbons (Fsp3) is 0.111. The number of amides is 2. The maximum absolute atomic E-state index is 10.6. The van der Waals surface area contributed by atoms with Crippen LogP contribution >= 0.6 is 23.2 Å². The lowest BCUT2D eigenvalue weighted by molar-refractivity contribution is 0.256. The molecule has 0 aliphatic rings. The molecule has 0 unspecified atom stereocenters. The van der Waals surface area contributed by atoms with Gasteiger partial charge in [-0.2, -0.15) is 4.99 Å². The second-order valence-corrected chi connectivity index (χ2v) is 3.81. The Morgan fingerprint density at radius 3 is 2.50 bits per heavy atom. The molecule has 1 rings (SSSR count). The number of halogens is 2. The zero-order valence-electron chi connectivity index (χ0n) is 8.45. The molecule has 0 saturated heterocycles. The smallest absolute Gasteiger partial charge is 0.341 e. The van der Waals surface area contributed by atoms with E-state index in [9.17, 15) is 4.79 Å². The molecule has 0 aliphatic heterocycles. The van der Waals surface area contributed by atoms with Crippen LogP contribution in [0, 0.1) is 0 Å². The van der Waals surface area contributed by atoms with Gasteiger partial charge in [-0.15, -0.1) is 0 Å². The molecule has 5 nitrogen and oxygen atoms in total. The van der Waals surface area contributed by atoms with Crippen LogP contribution in [0.3, 0.4) is 0 Å². The molecule has 0 spiro atoms. The Balaban J connectivity index is 3.05. The standard InChI is InChI=1S/C9H10Cl2N4O/c1-15(8(12)14-9(13)16)7-3-2-5(10)4-6(7)11/h2-4H,1H3,(H4,12,13,14,16). The van der Waals surface area contributed by atoms with E-state index in [1.165, 1.54) is 4.90 Å². The summed E-state index contributed by atoms with van der Waals surface area (Å²) >= 11 is 11.7. The fourth-order valence-electron chi connectivity index (χ4n) is 1.06. The number of hydrogen-bond donors (Lipinski definition) is 2. The van der Waals surface area contributed by atoms with Gasteiger partial charge in [0.1, 0.15) is 0 Å². The third-order valence-corrected chi connectivity index (χ3v) is 2.38. The van der Waals surface area contributed by atoms with Crippen molar-refractivity contribution in [3.05, 3.63) is 28.2 Å². The number of primary amides is 1. The summed E-state index contributed by atoms with van der Waals surface area (Å²) in [6.07, 6.45) is 0. The SMILES string of the molecule is CN(C(N)=NC(N)=O)c1ccc(Cl)cc1Cl. The van der Waals surface area contributed by atoms with Crippen LogP contribution in [0.25, 0.3) is 0 Å². The summed E-state index contributed by atoms with van der Waals surface area (Å²) in [4.78, 5) is 15.4. The summed E-state index contributed by atoms with van der Waals surface area (Å²) < 4.78 is 0. The summed E-state index contributed by atoms with van der Waals surface area (Å²) in [6.45, 7) is 0. The Morgan fingerprint density at radius 1 is 1.38 bits per heavy atom. The molecule has 0 atom stereocenters. The van der Waals surface area contributed by atoms with Gasteiger partial charge in [0.25, 0.3) is 0 Å². The molecule has 86 valence electrons. The van der Waals surface area contributed by atoms with Crippen molar-refractivity contribution in [3.63, 3.8) is 0 Å². The molecule has 0 radical (unpaired) electrons. The quantitative estimate of drug-likeness (QED) is 0.597. The van der Waals surface area contributed by atoms with Gasteiger partial charge in [0.05, 0.1) is 10.7 Å². The molecule has 0 heterocycles. The van der Waals surface area contributed by atoms with Gasteiger partial charge in [0.15, 0.2) is 0 Å². The Hall–Kier alpha value is -1.46. The lowest BCUT2D eigenvalue weighted by Crippen LogP contribution is -2.35. The minimum atomic E-state index is -0.866. The first-order valence-electron chi connectivity index (χ1n) is 4.24. The molecule has 0 aromatic heterocycles. The van der Waals surface area contributed by atoms with Crippen LogP contribution in [0.1, 0.15) is 0 Å². The topological polar surface area (TPSA) is 84.7 Å². The average Bonchev–Trinajstić information content (AvgIpc) is 2.15. The van der Waals surface area contributed by atoms with Gasteiger partial charge >= 0.3 is 6.03 Å². The van der Waals surface area contributed by atoms with Gasteiger partial charge in [0, 0.05) is 12.1 Å². The van der Waals surface area contributed by atoms with Gasteiger partial charge in [-0.3, -0.25) is 0 Å². The van der Waals surface area contributed by atoms with E-state index in [-0.39, 0.29) is 5.96 Å². The van der Waals surface area contributed by atoms with E-state index < -0.39 is 6.03 Å². The van der Waals surface area contributed by atoms with Crippen molar-refractivity contribution in [1.82, 2.24) is 0 Å². The molecule has 2 amide bonds. The normalized spacial score (nSPS) is 11.3. The van der Waals surface area contributed by atoms with E-state index in [4.69, 9.17) is 34.7 Å². The maximum Gasteiger partial charge on any atom is 0.341 e. The number of nitrogens with zero attached hydrogens (tertiary/aromatic N) is 2. The monoisotopic (exact) mass is 260 g/mol. The number of rotatable bonds is 1. The molecule has 0 bridgehead atoms. The van der Waals surface area contributed by atoms with Crippen LogP contribution in [-0.4, -0.2) is 19.0 Å². The first-order valence-corrected chi connectivity index (χ1v) is 5.00. The summed E-state index contributed by atoms with van der Waals surface area (Å²) in [5, 5.41) is 0.908. The van der Waals surface area contributed by atoms with Crippen molar-refractivity contribution in [1.29, 1.82) is 0 Å². The van der Waals surface area contributed by atoms with Gasteiger partial charge in [-0.05, 0) is 18.2 Å². The third-order valence-electron chi connectivity index (χ3n) is 1.84. The highest BCUT2D eigenvalue weighted by molar-refractivity contribution is 6.36. The van der Waals surface area contributed by atoms with Crippen LogP contribution in [0.2, 0.25) is 10.0 Å². The van der Waals surface area contributed by atoms with Crippen molar-refractivity contribution in [3.8, 4) is 0 Å². The molecule has 16 heavy (non-hydrogen) atoms. The Labute approximate surface area is 103 Å². The van der Waals surface area contributed by atoms with E-state index in [1.54, 1.807) is 25.2 Å². The van der Waals surface area contributed by atoms with E-state index in [2.05, 4.69) is 4.99 Å². The van der Waals surface area contributed by atoms with Crippen molar-refractivity contribution in [2.24, 2.45) is 16.5 Å². The third kappa shape index (κ3) is 3.01. The van der Waals surface area contributed by atoms with Crippen LogP contribution in [-0.2, 0) is 0 Å². The maximum atomic E-state index is 10.6. The van der Waals surface area contributed by atoms with Crippen LogP contribution in [0.5, 0.6) is 0 Å². The molecule has 1 aromatic rings. The van der Waals surface area contributed by atoms with E-state index in [0.717, 1.165) is 0 Å². The van der Waals surface area contributed by atoms with E-state index >= 15 is 0 Å². The molecular formula is C9H10Cl2N4O. The first-order chi connectivity index (χ1) is 7.41. The number of carbonyl (C=O) groups excluding carboxylic acids is 1. The second-order valence-electron chi connectivity index (χ2n) is 2.96. The Kier molecular flexibility index (Phi) is 3.98. The van der Waals surface area contributed by atoms with Crippen molar-refractivity contribution >= 4 is 40.9 Å². The number of nitrogens with two attached hydrogens (primary N) is 2. The zero-order chi connectivity index (χ0) is 12.3. The van der Waals surface area contributed by atoms with Gasteiger partial charge in [-0.25, -0.2) is 4.79 Å². The van der Waals surface area contributed by atoms with E-state index in [1.807, 2.05) is 0 Å². The lowest BCUT2D eigenvalue weighted by Gasteiger charge is -2.18. The molecule has 0 fully saturated rings. The zero-order valence-corrected chi connectivity index (χ0v) is 9.96. The molecule has 1 aromatic carbocycles. The molecule has 0 aliphatic carbocycles. The average molecular weight is 261 g/mol. The molecular weight excluding hydrogens is 251 g/mol. The first kappa shape index (κ1) is 12.6. The summed E-state index contributed by atoms with van der Waals surface area (Å²) in [6, 6.07) is 4.01. The Morgan fingerprint density at radius 2 is 2.00 bits per heavy atom. The minimum absolute atomic E-state index is 0.0447. The number of anilines is 1. The minimum Gasteiger partial charge on any atom is -0.369 e. The van der Waals surface area contributed by atoms with Crippen LogP contribution in [0.15, 0.2) is 23.2 Å². The molecule has 4 N–H and O–H groups in total. The van der Waals surface area contributed by atoms with Crippen molar-refractivity contribution in [2.45, 2.75) is 0 Å². The van der Waals surface area contributed by atoms with E-state index in [0.29, 0.717) is 15.7 Å². The molecule has 7 heteroatoms. The van der Waals surface area contributed by atoms with Gasteiger partial charge in [-0.1, -0.05) is 23.2 Å². The molecule has 0 saturated carbocycles. The highest BCUT2D eigenvalue weighted by atomic mass is 35.5. The lowest BCUT2D eigenvalue weighted by atomic mass is 10.3. The number of guanidine groups is 1. The number of hydrogen-bond acceptors (Lipinski definition) is 1. The number of urea groups is 1. The number of carbonyl (C=O) groups is 1. The summed E-state index contributed by atoms with van der Waals surface area (Å²) in [5.74, 6) is -0.0447. The van der Waals surface area contributed by atoms with Crippen LogP contribution in [0.4, 0.5) is 10.5 Å². The van der Waals surface area contributed by atoms with Crippen molar-refractivity contribution < 1.29 is 4.79 Å². The highest BCUT2D eigenvalue weighted by Gasteiger charge is 2.10. The van der Waals surface area contributed by atoms with Crippen LogP contribution < -0.4 is 16.4 Å². The number of benzene rings is 1. The largest absolute Gasteiger partial charge is 0.369 e. The Bertz CT molecular complexity index is 447. The predicted molar refractivity (Wildman–Crippen MR) is 66.1 cm³/mol. The van der Waals surface area contributed by atoms with Gasteiger partial charge < -0.3 is 16.4 Å².